The molecular formula is C12H24N2O2. The van der Waals surface area contributed by atoms with Gasteiger partial charge in [0.1, 0.15) is 5.60 Å². The van der Waals surface area contributed by atoms with E-state index in [2.05, 4.69) is 10.6 Å². The summed E-state index contributed by atoms with van der Waals surface area (Å²) in [5.41, 5.74) is -0.0674. The molecule has 2 aliphatic rings. The summed E-state index contributed by atoms with van der Waals surface area (Å²) >= 11 is 0. The minimum atomic E-state index is -0.0674. The van der Waals surface area contributed by atoms with Crippen LogP contribution in [-0.4, -0.2) is 52.1 Å². The van der Waals surface area contributed by atoms with Gasteiger partial charge in [0, 0.05) is 26.7 Å². The van der Waals surface area contributed by atoms with Crippen LogP contribution in [0, 0.1) is 5.92 Å². The molecule has 0 aromatic heterocycles. The third-order valence-corrected chi connectivity index (χ3v) is 3.78. The van der Waals surface area contributed by atoms with Gasteiger partial charge in [0.25, 0.3) is 0 Å². The molecule has 0 aliphatic carbocycles. The summed E-state index contributed by atoms with van der Waals surface area (Å²) in [7, 11) is 1.79. The lowest BCUT2D eigenvalue weighted by Crippen LogP contribution is -2.45. The fraction of sp³-hybridized carbons (Fsp3) is 1.00. The maximum absolute atomic E-state index is 5.59. The Morgan fingerprint density at radius 3 is 3.12 bits per heavy atom. The second-order valence-electron chi connectivity index (χ2n) is 5.03. The van der Waals surface area contributed by atoms with Crippen molar-refractivity contribution in [1.29, 1.82) is 0 Å². The number of hydrogen-bond acceptors (Lipinski definition) is 4. The Morgan fingerprint density at radius 1 is 1.56 bits per heavy atom. The molecule has 2 fully saturated rings. The topological polar surface area (TPSA) is 42.5 Å². The molecule has 2 N–H and O–H groups in total. The first-order valence-corrected chi connectivity index (χ1v) is 6.39. The third-order valence-electron chi connectivity index (χ3n) is 3.78. The lowest BCUT2D eigenvalue weighted by Gasteiger charge is -2.28. The lowest BCUT2D eigenvalue weighted by molar-refractivity contribution is -0.0162. The number of piperidine rings is 1. The van der Waals surface area contributed by atoms with Crippen LogP contribution in [0.25, 0.3) is 0 Å². The van der Waals surface area contributed by atoms with Gasteiger partial charge in [0.2, 0.25) is 0 Å². The summed E-state index contributed by atoms with van der Waals surface area (Å²) in [6.07, 6.45) is 3.67. The molecular weight excluding hydrogens is 204 g/mol. The minimum absolute atomic E-state index is 0.0674. The summed E-state index contributed by atoms with van der Waals surface area (Å²) in [5.74, 6) is 0.782. The second kappa shape index (κ2) is 5.96. The van der Waals surface area contributed by atoms with Crippen LogP contribution in [0.15, 0.2) is 0 Å². The van der Waals surface area contributed by atoms with Crippen LogP contribution in [-0.2, 0) is 9.47 Å². The van der Waals surface area contributed by atoms with E-state index in [9.17, 15) is 0 Å². The third kappa shape index (κ3) is 3.17. The zero-order valence-electron chi connectivity index (χ0n) is 10.3. The normalized spacial score (nSPS) is 35.4. The fourth-order valence-electron chi connectivity index (χ4n) is 2.56. The average Bonchev–Trinajstić information content (AvgIpc) is 2.80. The quantitative estimate of drug-likeness (QED) is 0.714. The summed E-state index contributed by atoms with van der Waals surface area (Å²) in [6, 6.07) is 0. The largest absolute Gasteiger partial charge is 0.378 e. The molecule has 94 valence electrons. The molecule has 0 radical (unpaired) electrons. The van der Waals surface area contributed by atoms with Crippen molar-refractivity contribution < 1.29 is 9.47 Å². The van der Waals surface area contributed by atoms with Crippen molar-refractivity contribution in [3.63, 3.8) is 0 Å². The zero-order valence-corrected chi connectivity index (χ0v) is 10.3. The second-order valence-corrected chi connectivity index (χ2v) is 5.03. The van der Waals surface area contributed by atoms with E-state index in [4.69, 9.17) is 9.47 Å². The van der Waals surface area contributed by atoms with Crippen LogP contribution in [0.4, 0.5) is 0 Å². The molecule has 0 aromatic carbocycles. The van der Waals surface area contributed by atoms with Crippen LogP contribution >= 0.6 is 0 Å². The predicted molar refractivity (Wildman–Crippen MR) is 63.6 cm³/mol. The lowest BCUT2D eigenvalue weighted by atomic mass is 9.98. The van der Waals surface area contributed by atoms with E-state index in [-0.39, 0.29) is 5.60 Å². The number of hydrogen-bond donors (Lipinski definition) is 2. The van der Waals surface area contributed by atoms with E-state index in [0.717, 1.165) is 45.2 Å². The Bertz CT molecular complexity index is 199. The molecule has 16 heavy (non-hydrogen) atoms. The molecule has 4 heteroatoms. The van der Waals surface area contributed by atoms with E-state index in [1.807, 2.05) is 0 Å². The average molecular weight is 228 g/mol. The van der Waals surface area contributed by atoms with E-state index in [1.54, 1.807) is 7.11 Å². The van der Waals surface area contributed by atoms with Crippen molar-refractivity contribution >= 4 is 0 Å². The number of ether oxygens (including phenoxy) is 2. The number of nitrogens with one attached hydrogen (secondary N) is 2. The molecule has 4 nitrogen and oxygen atoms in total. The zero-order chi connectivity index (χ0) is 11.3. The molecule has 2 saturated heterocycles. The van der Waals surface area contributed by atoms with E-state index < -0.39 is 0 Å². The van der Waals surface area contributed by atoms with Gasteiger partial charge in [0.05, 0.1) is 6.61 Å². The Morgan fingerprint density at radius 2 is 2.50 bits per heavy atom. The summed E-state index contributed by atoms with van der Waals surface area (Å²) < 4.78 is 11.0. The first kappa shape index (κ1) is 12.3. The molecule has 2 unspecified atom stereocenters. The Kier molecular flexibility index (Phi) is 4.58. The van der Waals surface area contributed by atoms with Crippen molar-refractivity contribution in [3.05, 3.63) is 0 Å². The first-order chi connectivity index (χ1) is 7.85. The molecule has 2 heterocycles. The predicted octanol–water partition coefficient (Wildman–Crippen LogP) is 0.381. The standard InChI is InChI=1S/C12H24N2O2/c1-15-12(4-6-16-10-12)9-14-8-11-3-2-5-13-7-11/h11,13-14H,2-10H2,1H3. The smallest absolute Gasteiger partial charge is 0.106 e. The summed E-state index contributed by atoms with van der Waals surface area (Å²) in [4.78, 5) is 0. The van der Waals surface area contributed by atoms with Gasteiger partial charge < -0.3 is 20.1 Å². The highest BCUT2D eigenvalue weighted by atomic mass is 16.5. The highest BCUT2D eigenvalue weighted by Gasteiger charge is 2.34. The Labute approximate surface area is 98.1 Å². The monoisotopic (exact) mass is 228 g/mol. The summed E-state index contributed by atoms with van der Waals surface area (Å²) in [6.45, 7) is 5.92. The SMILES string of the molecule is COC1(CNCC2CCCNC2)CCOC1. The van der Waals surface area contributed by atoms with Gasteiger partial charge in [-0.3, -0.25) is 0 Å². The molecule has 0 saturated carbocycles. The van der Waals surface area contributed by atoms with Gasteiger partial charge in [-0.15, -0.1) is 0 Å². The van der Waals surface area contributed by atoms with E-state index >= 15 is 0 Å². The maximum atomic E-state index is 5.59. The molecule has 0 aromatic rings. The van der Waals surface area contributed by atoms with Crippen molar-refractivity contribution in [2.45, 2.75) is 24.9 Å². The molecule has 0 amide bonds. The van der Waals surface area contributed by atoms with Gasteiger partial charge in [-0.25, -0.2) is 0 Å². The van der Waals surface area contributed by atoms with Crippen LogP contribution in [0.3, 0.4) is 0 Å². The molecule has 0 spiro atoms. The molecule has 2 atom stereocenters. The molecule has 2 rings (SSSR count). The summed E-state index contributed by atoms with van der Waals surface area (Å²) in [5, 5.41) is 6.98. The van der Waals surface area contributed by atoms with Crippen LogP contribution < -0.4 is 10.6 Å². The van der Waals surface area contributed by atoms with Crippen LogP contribution in [0.2, 0.25) is 0 Å². The van der Waals surface area contributed by atoms with E-state index in [0.29, 0.717) is 0 Å². The fourth-order valence-corrected chi connectivity index (χ4v) is 2.56. The van der Waals surface area contributed by atoms with Gasteiger partial charge >= 0.3 is 0 Å². The maximum Gasteiger partial charge on any atom is 0.106 e. The van der Waals surface area contributed by atoms with Crippen LogP contribution in [0.5, 0.6) is 0 Å². The van der Waals surface area contributed by atoms with Gasteiger partial charge in [-0.2, -0.15) is 0 Å². The van der Waals surface area contributed by atoms with Gasteiger partial charge in [0.15, 0.2) is 0 Å². The van der Waals surface area contributed by atoms with E-state index in [1.165, 1.54) is 19.4 Å². The highest BCUT2D eigenvalue weighted by molar-refractivity contribution is 4.87. The van der Waals surface area contributed by atoms with Crippen molar-refractivity contribution in [2.24, 2.45) is 5.92 Å². The van der Waals surface area contributed by atoms with Crippen molar-refractivity contribution in [3.8, 4) is 0 Å². The highest BCUT2D eigenvalue weighted by Crippen LogP contribution is 2.21. The number of rotatable bonds is 5. The van der Waals surface area contributed by atoms with Crippen molar-refractivity contribution in [1.82, 2.24) is 10.6 Å². The van der Waals surface area contributed by atoms with Gasteiger partial charge in [-0.1, -0.05) is 0 Å². The van der Waals surface area contributed by atoms with Gasteiger partial charge in [-0.05, 0) is 38.4 Å². The molecule has 0 bridgehead atoms. The van der Waals surface area contributed by atoms with Crippen LogP contribution in [0.1, 0.15) is 19.3 Å². The minimum Gasteiger partial charge on any atom is -0.378 e. The number of methoxy groups -OCH3 is 1. The molecule has 2 aliphatic heterocycles. The first-order valence-electron chi connectivity index (χ1n) is 6.39. The van der Waals surface area contributed by atoms with Crippen molar-refractivity contribution in [2.75, 3.05) is 46.5 Å². The Balaban J connectivity index is 1.66. The Hall–Kier alpha value is -0.160.